The van der Waals surface area contributed by atoms with Gasteiger partial charge in [0.2, 0.25) is 11.8 Å². The number of thioether (sulfide) groups is 1. The zero-order chi connectivity index (χ0) is 23.1. The highest BCUT2D eigenvalue weighted by atomic mass is 35.5. The standard InChI is InChI=1S/C22H21ClFN5O2S/c1-3-31-20-16-9-13(5-7-19(16)28-22(26-2)29-20)8-15(12-30)32-21(25)27-11-14-4-6-18(24)17(23)10-14/h4-10,12H,3,11H2,1-2H3,(H2,25,27)(H,26,28,29)/b15-8-. The van der Waals surface area contributed by atoms with Gasteiger partial charge in [0.15, 0.2) is 11.5 Å². The Morgan fingerprint density at radius 3 is 2.78 bits per heavy atom. The van der Waals surface area contributed by atoms with Crippen molar-refractivity contribution in [3.05, 3.63) is 63.3 Å². The molecule has 3 rings (SSSR count). The van der Waals surface area contributed by atoms with Crippen molar-refractivity contribution in [2.24, 2.45) is 0 Å². The lowest BCUT2D eigenvalue weighted by molar-refractivity contribution is -0.104. The molecule has 0 amide bonds. The Balaban J connectivity index is 1.75. The van der Waals surface area contributed by atoms with Crippen LogP contribution in [0.4, 0.5) is 10.3 Å². The zero-order valence-electron chi connectivity index (χ0n) is 17.4. The van der Waals surface area contributed by atoms with Gasteiger partial charge in [-0.2, -0.15) is 4.98 Å². The van der Waals surface area contributed by atoms with Gasteiger partial charge >= 0.3 is 0 Å². The number of rotatable bonds is 8. The Labute approximate surface area is 193 Å². The van der Waals surface area contributed by atoms with Crippen LogP contribution in [0.25, 0.3) is 17.0 Å². The van der Waals surface area contributed by atoms with Crippen molar-refractivity contribution in [1.29, 1.82) is 5.41 Å². The Kier molecular flexibility index (Phi) is 8.02. The number of amidine groups is 1. The summed E-state index contributed by atoms with van der Waals surface area (Å²) in [6, 6.07) is 9.82. The number of hydrogen-bond acceptors (Lipinski definition) is 7. The summed E-state index contributed by atoms with van der Waals surface area (Å²) in [7, 11) is 1.73. The van der Waals surface area contributed by atoms with Crippen LogP contribution in [-0.2, 0) is 11.3 Å². The lowest BCUT2D eigenvalue weighted by Crippen LogP contribution is -2.19. The molecule has 7 nitrogen and oxygen atoms in total. The minimum atomic E-state index is -0.499. The van der Waals surface area contributed by atoms with E-state index in [0.29, 0.717) is 35.1 Å². The van der Waals surface area contributed by atoms with E-state index in [-0.39, 0.29) is 16.7 Å². The molecule has 0 fully saturated rings. The number of nitrogens with zero attached hydrogens (tertiary/aromatic N) is 2. The Morgan fingerprint density at radius 1 is 1.28 bits per heavy atom. The summed E-state index contributed by atoms with van der Waals surface area (Å²) in [5.41, 5.74) is 2.17. The SMILES string of the molecule is CCOc1nc(NC)nc2ccc(/C=C(/C=O)SC(=N)NCc3ccc(F)c(Cl)c3)cc12. The van der Waals surface area contributed by atoms with E-state index in [2.05, 4.69) is 20.6 Å². The monoisotopic (exact) mass is 473 g/mol. The smallest absolute Gasteiger partial charge is 0.226 e. The predicted molar refractivity (Wildman–Crippen MR) is 128 cm³/mol. The van der Waals surface area contributed by atoms with Crippen LogP contribution in [-0.4, -0.2) is 35.1 Å². The van der Waals surface area contributed by atoms with E-state index in [4.69, 9.17) is 21.7 Å². The number of carbonyl (C=O) groups is 1. The van der Waals surface area contributed by atoms with Crippen LogP contribution >= 0.6 is 23.4 Å². The zero-order valence-corrected chi connectivity index (χ0v) is 19.0. The van der Waals surface area contributed by atoms with Crippen LogP contribution < -0.4 is 15.4 Å². The van der Waals surface area contributed by atoms with Crippen molar-refractivity contribution in [3.63, 3.8) is 0 Å². The number of allylic oxidation sites excluding steroid dienone is 1. The van der Waals surface area contributed by atoms with E-state index < -0.39 is 5.82 Å². The molecule has 0 radical (unpaired) electrons. The van der Waals surface area contributed by atoms with E-state index >= 15 is 0 Å². The van der Waals surface area contributed by atoms with Gasteiger partial charge in [0, 0.05) is 13.6 Å². The quantitative estimate of drug-likeness (QED) is 0.186. The molecule has 0 bridgehead atoms. The molecule has 0 aliphatic rings. The second kappa shape index (κ2) is 10.9. The Hall–Kier alpha value is -3.17. The molecule has 1 aromatic heterocycles. The average molecular weight is 474 g/mol. The summed E-state index contributed by atoms with van der Waals surface area (Å²) >= 11 is 6.75. The summed E-state index contributed by atoms with van der Waals surface area (Å²) in [5, 5.41) is 14.7. The van der Waals surface area contributed by atoms with Gasteiger partial charge in [0.25, 0.3) is 0 Å². The van der Waals surface area contributed by atoms with Gasteiger partial charge in [-0.3, -0.25) is 10.2 Å². The van der Waals surface area contributed by atoms with E-state index in [1.165, 1.54) is 12.1 Å². The van der Waals surface area contributed by atoms with Gasteiger partial charge < -0.3 is 15.4 Å². The molecule has 10 heteroatoms. The summed E-state index contributed by atoms with van der Waals surface area (Å²) in [6.45, 7) is 2.60. The lowest BCUT2D eigenvalue weighted by Gasteiger charge is -2.10. The maximum Gasteiger partial charge on any atom is 0.226 e. The molecule has 32 heavy (non-hydrogen) atoms. The summed E-state index contributed by atoms with van der Waals surface area (Å²) < 4.78 is 18.9. The number of fused-ring (bicyclic) bond motifs is 1. The molecule has 0 saturated carbocycles. The van der Waals surface area contributed by atoms with E-state index in [1.54, 1.807) is 19.2 Å². The Morgan fingerprint density at radius 2 is 2.09 bits per heavy atom. The number of ether oxygens (including phenoxy) is 1. The maximum absolute atomic E-state index is 13.3. The van der Waals surface area contributed by atoms with E-state index in [0.717, 1.165) is 28.3 Å². The molecule has 1 heterocycles. The third kappa shape index (κ3) is 5.95. The minimum Gasteiger partial charge on any atom is -0.477 e. The highest BCUT2D eigenvalue weighted by Crippen LogP contribution is 2.27. The van der Waals surface area contributed by atoms with Crippen LogP contribution in [0.5, 0.6) is 5.88 Å². The van der Waals surface area contributed by atoms with E-state index in [1.807, 2.05) is 25.1 Å². The number of benzene rings is 2. The van der Waals surface area contributed by atoms with Gasteiger partial charge in [-0.05, 0) is 60.2 Å². The van der Waals surface area contributed by atoms with Crippen LogP contribution in [0.3, 0.4) is 0 Å². The van der Waals surface area contributed by atoms with Gasteiger partial charge in [0.05, 0.1) is 27.4 Å². The van der Waals surface area contributed by atoms with Crippen molar-refractivity contribution in [3.8, 4) is 5.88 Å². The molecule has 0 aliphatic heterocycles. The number of carbonyl (C=O) groups excluding carboxylic acids is 1. The first-order valence-corrected chi connectivity index (χ1v) is 10.9. The molecule has 0 atom stereocenters. The van der Waals surface area contributed by atoms with Crippen LogP contribution in [0.1, 0.15) is 18.1 Å². The number of aromatic nitrogens is 2. The Bertz CT molecular complexity index is 1190. The first-order chi connectivity index (χ1) is 15.4. The van der Waals surface area contributed by atoms with E-state index in [9.17, 15) is 9.18 Å². The summed E-state index contributed by atoms with van der Waals surface area (Å²) in [5.74, 6) is 0.404. The van der Waals surface area contributed by atoms with Crippen molar-refractivity contribution < 1.29 is 13.9 Å². The highest BCUT2D eigenvalue weighted by molar-refractivity contribution is 8.17. The molecule has 0 spiro atoms. The second-order valence-electron chi connectivity index (χ2n) is 6.51. The fourth-order valence-electron chi connectivity index (χ4n) is 2.80. The topological polar surface area (TPSA) is 100.0 Å². The van der Waals surface area contributed by atoms with Crippen LogP contribution in [0.2, 0.25) is 5.02 Å². The number of hydrogen-bond donors (Lipinski definition) is 3. The number of aldehydes is 1. The maximum atomic E-state index is 13.3. The predicted octanol–water partition coefficient (Wildman–Crippen LogP) is 4.86. The first kappa shape index (κ1) is 23.5. The van der Waals surface area contributed by atoms with Gasteiger partial charge in [-0.1, -0.05) is 23.7 Å². The van der Waals surface area contributed by atoms with Crippen molar-refractivity contribution in [2.45, 2.75) is 13.5 Å². The van der Waals surface area contributed by atoms with Gasteiger partial charge in [-0.25, -0.2) is 9.37 Å². The van der Waals surface area contributed by atoms with Gasteiger partial charge in [-0.15, -0.1) is 0 Å². The van der Waals surface area contributed by atoms with Crippen molar-refractivity contribution in [2.75, 3.05) is 19.0 Å². The largest absolute Gasteiger partial charge is 0.477 e. The summed E-state index contributed by atoms with van der Waals surface area (Å²) in [4.78, 5) is 20.7. The number of anilines is 1. The lowest BCUT2D eigenvalue weighted by atomic mass is 10.1. The molecule has 3 aromatic rings. The van der Waals surface area contributed by atoms with Crippen molar-refractivity contribution >= 4 is 57.7 Å². The number of nitrogens with one attached hydrogen (secondary N) is 3. The second-order valence-corrected chi connectivity index (χ2v) is 8.00. The third-order valence-electron chi connectivity index (χ3n) is 4.27. The van der Waals surface area contributed by atoms with Crippen LogP contribution in [0, 0.1) is 11.2 Å². The fraction of sp³-hybridized carbons (Fsp3) is 0.182. The van der Waals surface area contributed by atoms with Crippen molar-refractivity contribution in [1.82, 2.24) is 15.3 Å². The molecular weight excluding hydrogens is 453 g/mol. The third-order valence-corrected chi connectivity index (χ3v) is 5.36. The molecular formula is C22H21ClFN5O2S. The fourth-order valence-corrected chi connectivity index (χ4v) is 3.63. The minimum absolute atomic E-state index is 0.0190. The molecule has 0 saturated heterocycles. The highest BCUT2D eigenvalue weighted by Gasteiger charge is 2.10. The average Bonchev–Trinajstić information content (AvgIpc) is 2.79. The molecule has 2 aromatic carbocycles. The first-order valence-electron chi connectivity index (χ1n) is 9.67. The molecule has 166 valence electrons. The molecule has 3 N–H and O–H groups in total. The summed E-state index contributed by atoms with van der Waals surface area (Å²) in [6.07, 6.45) is 2.35. The van der Waals surface area contributed by atoms with Crippen LogP contribution in [0.15, 0.2) is 41.3 Å². The number of halogens is 2. The molecule has 0 unspecified atom stereocenters. The van der Waals surface area contributed by atoms with Gasteiger partial charge in [0.1, 0.15) is 5.82 Å². The molecule has 0 aliphatic carbocycles. The normalized spacial score (nSPS) is 11.3.